The molecule has 0 amide bonds. The standard InChI is InChI=1S/C23H24N4O2/c1-16-4-2-3-5-18(16)19-8-9-26-27(19)21(28)23-12-22(13-23,14-23)15-29-20-7-6-17(10-24)11-25-20/h2-7,9,11,19,21,28H,8,12-15H2,1H3. The van der Waals surface area contributed by atoms with Crippen LogP contribution in [0.3, 0.4) is 0 Å². The lowest BCUT2D eigenvalue weighted by atomic mass is 9.34. The molecule has 3 saturated carbocycles. The zero-order valence-corrected chi connectivity index (χ0v) is 16.5. The number of aryl methyl sites for hydroxylation is 1. The first-order chi connectivity index (χ1) is 14.0. The molecule has 2 unspecified atom stereocenters. The van der Waals surface area contributed by atoms with Crippen molar-refractivity contribution in [2.24, 2.45) is 15.9 Å². The van der Waals surface area contributed by atoms with Crippen LogP contribution in [0.25, 0.3) is 0 Å². The SMILES string of the molecule is Cc1ccccc1C1CC=NN1C(O)C12CC(COc3ccc(C#N)cn3)(C1)C2. The number of aromatic nitrogens is 1. The number of hydrazone groups is 1. The lowest BCUT2D eigenvalue weighted by Gasteiger charge is -2.72. The maximum absolute atomic E-state index is 11.2. The van der Waals surface area contributed by atoms with Gasteiger partial charge in [0, 0.05) is 35.7 Å². The first kappa shape index (κ1) is 18.1. The molecule has 29 heavy (non-hydrogen) atoms. The Morgan fingerprint density at radius 3 is 2.76 bits per heavy atom. The van der Waals surface area contributed by atoms with E-state index in [0.29, 0.717) is 18.1 Å². The fourth-order valence-electron chi connectivity index (χ4n) is 5.45. The third-order valence-electron chi connectivity index (χ3n) is 6.78. The van der Waals surface area contributed by atoms with E-state index in [2.05, 4.69) is 41.3 Å². The molecule has 1 aromatic carbocycles. The molecule has 4 aliphatic rings. The molecule has 1 N–H and O–H groups in total. The average Bonchev–Trinajstić information content (AvgIpc) is 3.16. The number of aliphatic hydroxyl groups is 1. The molecule has 2 atom stereocenters. The van der Waals surface area contributed by atoms with Crippen molar-refractivity contribution in [1.82, 2.24) is 9.99 Å². The van der Waals surface area contributed by atoms with Gasteiger partial charge in [0.1, 0.15) is 12.3 Å². The Bertz CT molecular complexity index is 975. The second kappa shape index (κ2) is 6.57. The minimum Gasteiger partial charge on any atom is -0.477 e. The molecule has 148 valence electrons. The minimum atomic E-state index is -0.569. The molecule has 2 bridgehead atoms. The van der Waals surface area contributed by atoms with Crippen LogP contribution in [0, 0.1) is 29.1 Å². The largest absolute Gasteiger partial charge is 0.477 e. The van der Waals surface area contributed by atoms with Crippen molar-refractivity contribution in [3.8, 4) is 11.9 Å². The molecule has 1 aliphatic heterocycles. The lowest BCUT2D eigenvalue weighted by Crippen LogP contribution is -2.71. The number of aliphatic hydroxyl groups excluding tert-OH is 1. The smallest absolute Gasteiger partial charge is 0.213 e. The molecule has 0 spiro atoms. The van der Waals surface area contributed by atoms with Gasteiger partial charge in [-0.25, -0.2) is 4.98 Å². The normalized spacial score (nSPS) is 30.2. The Kier molecular flexibility index (Phi) is 4.11. The summed E-state index contributed by atoms with van der Waals surface area (Å²) >= 11 is 0. The highest BCUT2D eigenvalue weighted by atomic mass is 16.5. The first-order valence-electron chi connectivity index (χ1n) is 10.1. The highest BCUT2D eigenvalue weighted by Crippen LogP contribution is 2.75. The monoisotopic (exact) mass is 388 g/mol. The summed E-state index contributed by atoms with van der Waals surface area (Å²) in [5.74, 6) is 0.548. The Morgan fingerprint density at radius 1 is 1.28 bits per heavy atom. The van der Waals surface area contributed by atoms with Crippen molar-refractivity contribution in [2.45, 2.75) is 44.9 Å². The summed E-state index contributed by atoms with van der Waals surface area (Å²) in [5.41, 5.74) is 3.06. The van der Waals surface area contributed by atoms with Gasteiger partial charge in [0.15, 0.2) is 0 Å². The van der Waals surface area contributed by atoms with Crippen LogP contribution in [-0.2, 0) is 0 Å². The van der Waals surface area contributed by atoms with Crippen molar-refractivity contribution in [2.75, 3.05) is 6.61 Å². The summed E-state index contributed by atoms with van der Waals surface area (Å²) in [4.78, 5) is 4.17. The zero-order chi connectivity index (χ0) is 20.1. The molecular weight excluding hydrogens is 364 g/mol. The average molecular weight is 388 g/mol. The predicted octanol–water partition coefficient (Wildman–Crippen LogP) is 3.56. The van der Waals surface area contributed by atoms with E-state index in [-0.39, 0.29) is 16.9 Å². The van der Waals surface area contributed by atoms with Crippen LogP contribution in [-0.4, -0.2) is 34.1 Å². The molecule has 3 fully saturated rings. The molecule has 3 aliphatic carbocycles. The van der Waals surface area contributed by atoms with E-state index in [1.165, 1.54) is 17.3 Å². The van der Waals surface area contributed by atoms with Gasteiger partial charge in [0.05, 0.1) is 18.2 Å². The maximum atomic E-state index is 11.2. The summed E-state index contributed by atoms with van der Waals surface area (Å²) < 4.78 is 5.86. The molecule has 6 heteroatoms. The highest BCUT2D eigenvalue weighted by Gasteiger charge is 2.72. The molecular formula is C23H24N4O2. The van der Waals surface area contributed by atoms with Gasteiger partial charge in [0.2, 0.25) is 5.88 Å². The predicted molar refractivity (Wildman–Crippen MR) is 108 cm³/mol. The Hall–Kier alpha value is -2.91. The molecule has 0 radical (unpaired) electrons. The number of hydrogen-bond acceptors (Lipinski definition) is 6. The Balaban J connectivity index is 1.21. The van der Waals surface area contributed by atoms with Gasteiger partial charge < -0.3 is 9.84 Å². The quantitative estimate of drug-likeness (QED) is 0.818. The maximum Gasteiger partial charge on any atom is 0.213 e. The number of nitriles is 1. The lowest BCUT2D eigenvalue weighted by molar-refractivity contribution is -0.299. The number of hydrogen-bond donors (Lipinski definition) is 1. The van der Waals surface area contributed by atoms with E-state index < -0.39 is 6.23 Å². The summed E-state index contributed by atoms with van der Waals surface area (Å²) in [7, 11) is 0. The second-order valence-electron chi connectivity index (χ2n) is 8.84. The number of benzene rings is 1. The van der Waals surface area contributed by atoms with Crippen LogP contribution < -0.4 is 4.74 Å². The van der Waals surface area contributed by atoms with Crippen LogP contribution >= 0.6 is 0 Å². The van der Waals surface area contributed by atoms with Crippen LogP contribution in [0.15, 0.2) is 47.7 Å². The van der Waals surface area contributed by atoms with Gasteiger partial charge in [-0.1, -0.05) is 24.3 Å². The summed E-state index contributed by atoms with van der Waals surface area (Å²) in [6, 6.07) is 14.0. The van der Waals surface area contributed by atoms with Crippen molar-refractivity contribution in [3.05, 3.63) is 59.3 Å². The zero-order valence-electron chi connectivity index (χ0n) is 16.5. The van der Waals surface area contributed by atoms with E-state index in [4.69, 9.17) is 10.00 Å². The van der Waals surface area contributed by atoms with Gasteiger partial charge in [-0.05, 0) is 43.4 Å². The first-order valence-corrected chi connectivity index (χ1v) is 10.1. The topological polar surface area (TPSA) is 81.7 Å². The Morgan fingerprint density at radius 2 is 2.07 bits per heavy atom. The van der Waals surface area contributed by atoms with E-state index in [1.807, 2.05) is 17.3 Å². The molecule has 0 saturated heterocycles. The summed E-state index contributed by atoms with van der Waals surface area (Å²) in [5, 5.41) is 26.5. The van der Waals surface area contributed by atoms with Crippen molar-refractivity contribution < 1.29 is 9.84 Å². The third-order valence-corrected chi connectivity index (χ3v) is 6.78. The number of rotatable bonds is 6. The second-order valence-corrected chi connectivity index (χ2v) is 8.84. The molecule has 1 aromatic heterocycles. The van der Waals surface area contributed by atoms with E-state index in [0.717, 1.165) is 25.7 Å². The van der Waals surface area contributed by atoms with Gasteiger partial charge in [-0.2, -0.15) is 10.4 Å². The molecule has 6 rings (SSSR count). The number of nitrogens with zero attached hydrogens (tertiary/aromatic N) is 4. The van der Waals surface area contributed by atoms with E-state index >= 15 is 0 Å². The molecule has 6 nitrogen and oxygen atoms in total. The van der Waals surface area contributed by atoms with Gasteiger partial charge >= 0.3 is 0 Å². The van der Waals surface area contributed by atoms with Crippen LogP contribution in [0.4, 0.5) is 0 Å². The number of pyridine rings is 1. The van der Waals surface area contributed by atoms with Crippen molar-refractivity contribution in [3.63, 3.8) is 0 Å². The van der Waals surface area contributed by atoms with Gasteiger partial charge in [0.25, 0.3) is 0 Å². The summed E-state index contributed by atoms with van der Waals surface area (Å²) in [6.07, 6.45) is 6.55. The summed E-state index contributed by atoms with van der Waals surface area (Å²) in [6.45, 7) is 2.72. The van der Waals surface area contributed by atoms with E-state index in [9.17, 15) is 5.11 Å². The fraction of sp³-hybridized carbons (Fsp3) is 0.435. The van der Waals surface area contributed by atoms with Crippen molar-refractivity contribution >= 4 is 6.21 Å². The molecule has 2 heterocycles. The fourth-order valence-corrected chi connectivity index (χ4v) is 5.45. The van der Waals surface area contributed by atoms with E-state index in [1.54, 1.807) is 12.1 Å². The van der Waals surface area contributed by atoms with Crippen LogP contribution in [0.2, 0.25) is 0 Å². The number of ether oxygens (including phenoxy) is 1. The Labute approximate surface area is 170 Å². The van der Waals surface area contributed by atoms with Gasteiger partial charge in [-0.3, -0.25) is 5.01 Å². The van der Waals surface area contributed by atoms with Crippen LogP contribution in [0.1, 0.15) is 48.4 Å². The van der Waals surface area contributed by atoms with Gasteiger partial charge in [-0.15, -0.1) is 0 Å². The van der Waals surface area contributed by atoms with Crippen LogP contribution in [0.5, 0.6) is 5.88 Å². The highest BCUT2D eigenvalue weighted by molar-refractivity contribution is 5.61. The third kappa shape index (κ3) is 2.89. The molecule has 2 aromatic rings. The van der Waals surface area contributed by atoms with Crippen molar-refractivity contribution in [1.29, 1.82) is 5.26 Å². The minimum absolute atomic E-state index is 0.0793.